The molecule has 0 bridgehead atoms. The maximum absolute atomic E-state index is 12.5. The Morgan fingerprint density at radius 3 is 1.59 bits per heavy atom. The Bertz CT molecular complexity index is 974. The molecule has 0 aliphatic heterocycles. The third-order valence-corrected chi connectivity index (χ3v) is 6.14. The summed E-state index contributed by atoms with van der Waals surface area (Å²) in [6.07, 6.45) is 0. The molecule has 0 N–H and O–H groups in total. The lowest BCUT2D eigenvalue weighted by atomic mass is 10.2. The molecule has 0 spiro atoms. The number of thioether (sulfide) groups is 2. The van der Waals surface area contributed by atoms with Crippen molar-refractivity contribution in [1.29, 1.82) is 0 Å². The molecule has 0 fully saturated rings. The molecule has 2 nitrogen and oxygen atoms in total. The molecule has 3 rings (SSSR count). The zero-order valence-electron chi connectivity index (χ0n) is 15.5. The number of carbonyl (C=O) groups is 2. The van der Waals surface area contributed by atoms with Gasteiger partial charge in [0.25, 0.3) is 0 Å². The van der Waals surface area contributed by atoms with Crippen LogP contribution < -0.4 is 0 Å². The normalized spacial score (nSPS) is 10.6. The van der Waals surface area contributed by atoms with Crippen molar-refractivity contribution in [1.82, 2.24) is 0 Å². The summed E-state index contributed by atoms with van der Waals surface area (Å²) in [7, 11) is 0. The largest absolute Gasteiger partial charge is 0.281 e. The van der Waals surface area contributed by atoms with E-state index in [-0.39, 0.29) is 10.2 Å². The topological polar surface area (TPSA) is 34.1 Å². The molecule has 136 valence electrons. The predicted octanol–water partition coefficient (Wildman–Crippen LogP) is 6.48. The zero-order chi connectivity index (χ0) is 19.4. The van der Waals surface area contributed by atoms with Gasteiger partial charge in [-0.25, -0.2) is 0 Å². The van der Waals surface area contributed by atoms with Crippen molar-refractivity contribution in [3.05, 3.63) is 94.5 Å². The van der Waals surface area contributed by atoms with Crippen LogP contribution in [0.5, 0.6) is 0 Å². The van der Waals surface area contributed by atoms with Crippen molar-refractivity contribution in [2.24, 2.45) is 0 Å². The number of aryl methyl sites for hydroxylation is 3. The minimum atomic E-state index is 0.0190. The van der Waals surface area contributed by atoms with Crippen LogP contribution in [-0.2, 0) is 0 Å². The van der Waals surface area contributed by atoms with Gasteiger partial charge in [0.2, 0.25) is 10.2 Å². The monoisotopic (exact) mass is 392 g/mol. The molecule has 3 aromatic rings. The Labute approximate surface area is 168 Å². The molecule has 0 saturated heterocycles. The first-order valence-electron chi connectivity index (χ1n) is 8.61. The zero-order valence-corrected chi connectivity index (χ0v) is 17.1. The van der Waals surface area contributed by atoms with Crippen LogP contribution in [0, 0.1) is 20.8 Å². The van der Waals surface area contributed by atoms with Crippen molar-refractivity contribution in [3.8, 4) is 0 Å². The molecular weight excluding hydrogens is 372 g/mol. The molecule has 0 heterocycles. The van der Waals surface area contributed by atoms with E-state index in [0.717, 1.165) is 26.5 Å². The lowest BCUT2D eigenvalue weighted by Crippen LogP contribution is -1.95. The minimum absolute atomic E-state index is 0.0190. The van der Waals surface area contributed by atoms with E-state index in [9.17, 15) is 9.59 Å². The van der Waals surface area contributed by atoms with E-state index in [1.54, 1.807) is 0 Å². The molecule has 3 aromatic carbocycles. The van der Waals surface area contributed by atoms with Crippen LogP contribution in [0.2, 0.25) is 0 Å². The second-order valence-electron chi connectivity index (χ2n) is 6.44. The first-order chi connectivity index (χ1) is 12.9. The Morgan fingerprint density at radius 1 is 0.630 bits per heavy atom. The van der Waals surface area contributed by atoms with Crippen LogP contribution in [0.4, 0.5) is 0 Å². The maximum atomic E-state index is 12.5. The number of benzene rings is 3. The molecular formula is C23H20O2S2. The first kappa shape index (κ1) is 19.5. The van der Waals surface area contributed by atoms with Crippen molar-refractivity contribution in [2.45, 2.75) is 30.6 Å². The van der Waals surface area contributed by atoms with Crippen LogP contribution in [-0.4, -0.2) is 10.2 Å². The number of hydrogen-bond acceptors (Lipinski definition) is 4. The Hall–Kier alpha value is -2.30. The van der Waals surface area contributed by atoms with Gasteiger partial charge in [0.05, 0.1) is 0 Å². The standard InChI is InChI=1S/C23H20O2S2/c1-15-4-8-18(9-5-15)22(24)26-20-12-13-21(17(3)14-20)27-23(25)19-10-6-16(2)7-11-19/h4-14H,1-3H3. The first-order valence-corrected chi connectivity index (χ1v) is 10.2. The van der Waals surface area contributed by atoms with Crippen LogP contribution in [0.3, 0.4) is 0 Å². The fourth-order valence-electron chi connectivity index (χ4n) is 2.50. The molecule has 4 heteroatoms. The second kappa shape index (κ2) is 8.59. The fraction of sp³-hybridized carbons (Fsp3) is 0.130. The third-order valence-electron chi connectivity index (χ3n) is 4.13. The highest BCUT2D eigenvalue weighted by atomic mass is 32.2. The van der Waals surface area contributed by atoms with Gasteiger partial charge in [-0.2, -0.15) is 0 Å². The van der Waals surface area contributed by atoms with E-state index in [4.69, 9.17) is 0 Å². The van der Waals surface area contributed by atoms with Crippen LogP contribution in [0.15, 0.2) is 76.5 Å². The SMILES string of the molecule is Cc1ccc(C(=O)Sc2ccc(SC(=O)c3ccc(C)cc3)c(C)c2)cc1. The summed E-state index contributed by atoms with van der Waals surface area (Å²) < 4.78 is 0. The number of rotatable bonds is 4. The molecule has 27 heavy (non-hydrogen) atoms. The summed E-state index contributed by atoms with van der Waals surface area (Å²) in [6, 6.07) is 20.9. The van der Waals surface area contributed by atoms with E-state index < -0.39 is 0 Å². The van der Waals surface area contributed by atoms with Gasteiger partial charge in [-0.15, -0.1) is 0 Å². The molecule has 0 atom stereocenters. The summed E-state index contributed by atoms with van der Waals surface area (Å²) in [5, 5.41) is 0.0415. The van der Waals surface area contributed by atoms with Gasteiger partial charge in [-0.3, -0.25) is 9.59 Å². The van der Waals surface area contributed by atoms with Gasteiger partial charge in [0, 0.05) is 20.9 Å². The van der Waals surface area contributed by atoms with E-state index in [1.807, 2.05) is 87.5 Å². The van der Waals surface area contributed by atoms with Crippen molar-refractivity contribution in [3.63, 3.8) is 0 Å². The molecule has 0 saturated carbocycles. The molecule has 0 aliphatic carbocycles. The molecule has 0 radical (unpaired) electrons. The van der Waals surface area contributed by atoms with Gasteiger partial charge in [0.1, 0.15) is 0 Å². The third kappa shape index (κ3) is 5.12. The highest BCUT2D eigenvalue weighted by molar-refractivity contribution is 8.14. The van der Waals surface area contributed by atoms with Crippen LogP contribution in [0.25, 0.3) is 0 Å². The van der Waals surface area contributed by atoms with Crippen molar-refractivity contribution in [2.75, 3.05) is 0 Å². The quantitative estimate of drug-likeness (QED) is 0.476. The average Bonchev–Trinajstić information content (AvgIpc) is 2.65. The van der Waals surface area contributed by atoms with Gasteiger partial charge in [0.15, 0.2) is 0 Å². The van der Waals surface area contributed by atoms with E-state index in [0.29, 0.717) is 11.1 Å². The minimum Gasteiger partial charge on any atom is -0.281 e. The average molecular weight is 393 g/mol. The van der Waals surface area contributed by atoms with E-state index >= 15 is 0 Å². The summed E-state index contributed by atoms with van der Waals surface area (Å²) >= 11 is 2.43. The van der Waals surface area contributed by atoms with Crippen LogP contribution >= 0.6 is 23.5 Å². The highest BCUT2D eigenvalue weighted by Crippen LogP contribution is 2.31. The molecule has 0 aromatic heterocycles. The lowest BCUT2D eigenvalue weighted by Gasteiger charge is -2.08. The molecule has 0 aliphatic rings. The molecule has 0 amide bonds. The van der Waals surface area contributed by atoms with Crippen molar-refractivity contribution >= 4 is 33.8 Å². The number of hydrogen-bond donors (Lipinski definition) is 0. The Kier molecular flexibility index (Phi) is 6.19. The summed E-state index contributed by atoms with van der Waals surface area (Å²) in [6.45, 7) is 5.96. The second-order valence-corrected chi connectivity index (χ2v) is 8.50. The van der Waals surface area contributed by atoms with E-state index in [1.165, 1.54) is 23.5 Å². The highest BCUT2D eigenvalue weighted by Gasteiger charge is 2.12. The summed E-state index contributed by atoms with van der Waals surface area (Å²) in [5.41, 5.74) is 4.63. The summed E-state index contributed by atoms with van der Waals surface area (Å²) in [4.78, 5) is 26.7. The van der Waals surface area contributed by atoms with Crippen molar-refractivity contribution < 1.29 is 9.59 Å². The summed E-state index contributed by atoms with van der Waals surface area (Å²) in [5.74, 6) is 0. The lowest BCUT2D eigenvalue weighted by molar-refractivity contribution is 0.108. The van der Waals surface area contributed by atoms with Gasteiger partial charge < -0.3 is 0 Å². The smallest absolute Gasteiger partial charge is 0.224 e. The van der Waals surface area contributed by atoms with E-state index in [2.05, 4.69) is 0 Å². The molecule has 0 unspecified atom stereocenters. The fourth-order valence-corrected chi connectivity index (χ4v) is 4.15. The van der Waals surface area contributed by atoms with Gasteiger partial charge in [-0.1, -0.05) is 59.7 Å². The maximum Gasteiger partial charge on any atom is 0.224 e. The van der Waals surface area contributed by atoms with Gasteiger partial charge >= 0.3 is 0 Å². The Balaban J connectivity index is 1.69. The predicted molar refractivity (Wildman–Crippen MR) is 114 cm³/mol. The van der Waals surface area contributed by atoms with Crippen LogP contribution in [0.1, 0.15) is 37.4 Å². The number of carbonyl (C=O) groups excluding carboxylic acids is 2. The van der Waals surface area contributed by atoms with Gasteiger partial charge in [-0.05, 0) is 68.1 Å². The Morgan fingerprint density at radius 2 is 1.11 bits per heavy atom.